The Morgan fingerprint density at radius 3 is 2.74 bits per heavy atom. The Balaban J connectivity index is 1.64. The number of fused-ring (bicyclic) bond motifs is 2. The van der Waals surface area contributed by atoms with Crippen molar-refractivity contribution < 1.29 is 5.11 Å². The van der Waals surface area contributed by atoms with Gasteiger partial charge in [0.15, 0.2) is 0 Å². The Kier molecular flexibility index (Phi) is 3.52. The smallest absolute Gasteiger partial charge is 0.137 e. The molecule has 2 aromatic carbocycles. The van der Waals surface area contributed by atoms with Gasteiger partial charge < -0.3 is 10.1 Å². The largest absolute Gasteiger partial charge is 0.508 e. The molecule has 0 fully saturated rings. The van der Waals surface area contributed by atoms with E-state index >= 15 is 0 Å². The molecule has 2 N–H and O–H groups in total. The van der Waals surface area contributed by atoms with Gasteiger partial charge in [0.05, 0.1) is 15.7 Å². The minimum atomic E-state index is 0.307. The van der Waals surface area contributed by atoms with Gasteiger partial charge in [0, 0.05) is 28.4 Å². The van der Waals surface area contributed by atoms with Crippen molar-refractivity contribution in [3.63, 3.8) is 0 Å². The van der Waals surface area contributed by atoms with Crippen molar-refractivity contribution in [1.82, 2.24) is 15.0 Å². The highest BCUT2D eigenvalue weighted by Gasteiger charge is 2.12. The molecule has 0 aliphatic carbocycles. The number of phenolic OH excluding ortho intramolecular Hbond substituents is 1. The third-order valence-electron chi connectivity index (χ3n) is 5.04. The monoisotopic (exact) mass is 371 g/mol. The van der Waals surface area contributed by atoms with Crippen molar-refractivity contribution in [2.45, 2.75) is 13.8 Å². The van der Waals surface area contributed by atoms with Crippen LogP contribution in [0.15, 0.2) is 54.2 Å². The molecule has 5 heteroatoms. The first kappa shape index (κ1) is 16.0. The summed E-state index contributed by atoms with van der Waals surface area (Å²) >= 11 is 1.65. The third kappa shape index (κ3) is 2.59. The number of H-pyrrole nitrogens is 1. The van der Waals surface area contributed by atoms with Gasteiger partial charge in [-0.25, -0.2) is 9.97 Å². The van der Waals surface area contributed by atoms with E-state index in [1.54, 1.807) is 17.4 Å². The molecule has 27 heavy (non-hydrogen) atoms. The second kappa shape index (κ2) is 5.93. The average Bonchev–Trinajstić information content (AvgIpc) is 3.30. The molecule has 0 saturated carbocycles. The topological polar surface area (TPSA) is 61.8 Å². The Labute approximate surface area is 160 Å². The van der Waals surface area contributed by atoms with Crippen LogP contribution in [0.4, 0.5) is 0 Å². The molecule has 0 saturated heterocycles. The standard InChI is InChI=1S/C22H17N3OS/c1-12-3-5-19(26)13(2)21(12)16-7-15-9-17(25-22(15)23-10-16)14-4-6-20-18(8-14)24-11-27-20/h3-11,26H,1-2H3,(H,23,25). The summed E-state index contributed by atoms with van der Waals surface area (Å²) in [6, 6.07) is 14.2. The van der Waals surface area contributed by atoms with Crippen molar-refractivity contribution in [3.05, 3.63) is 65.3 Å². The maximum Gasteiger partial charge on any atom is 0.137 e. The van der Waals surface area contributed by atoms with Crippen LogP contribution in [-0.2, 0) is 0 Å². The lowest BCUT2D eigenvalue weighted by molar-refractivity contribution is 0.471. The molecule has 5 aromatic rings. The van der Waals surface area contributed by atoms with Gasteiger partial charge in [-0.05, 0) is 60.9 Å². The molecule has 0 spiro atoms. The van der Waals surface area contributed by atoms with E-state index in [2.05, 4.69) is 52.2 Å². The van der Waals surface area contributed by atoms with E-state index in [1.807, 2.05) is 24.7 Å². The Morgan fingerprint density at radius 2 is 1.85 bits per heavy atom. The van der Waals surface area contributed by atoms with E-state index in [4.69, 9.17) is 0 Å². The lowest BCUT2D eigenvalue weighted by Crippen LogP contribution is -1.90. The second-order valence-corrected chi connectivity index (χ2v) is 7.67. The minimum Gasteiger partial charge on any atom is -0.508 e. The van der Waals surface area contributed by atoms with E-state index in [0.717, 1.165) is 50.1 Å². The lowest BCUT2D eigenvalue weighted by Gasteiger charge is -2.11. The molecule has 4 nitrogen and oxygen atoms in total. The molecule has 132 valence electrons. The number of benzene rings is 2. The van der Waals surface area contributed by atoms with Gasteiger partial charge in [-0.15, -0.1) is 11.3 Å². The van der Waals surface area contributed by atoms with Gasteiger partial charge in [-0.2, -0.15) is 0 Å². The summed E-state index contributed by atoms with van der Waals surface area (Å²) in [6.07, 6.45) is 1.86. The molecule has 0 bridgehead atoms. The Hall–Kier alpha value is -3.18. The van der Waals surface area contributed by atoms with Crippen molar-refractivity contribution in [2.75, 3.05) is 0 Å². The van der Waals surface area contributed by atoms with Crippen LogP contribution in [0, 0.1) is 13.8 Å². The number of pyridine rings is 1. The van der Waals surface area contributed by atoms with E-state index in [0.29, 0.717) is 5.75 Å². The van der Waals surface area contributed by atoms with Crippen LogP contribution in [0.5, 0.6) is 5.75 Å². The van der Waals surface area contributed by atoms with E-state index < -0.39 is 0 Å². The van der Waals surface area contributed by atoms with Crippen LogP contribution in [0.1, 0.15) is 11.1 Å². The second-order valence-electron chi connectivity index (χ2n) is 6.78. The number of thiazole rings is 1. The van der Waals surface area contributed by atoms with Gasteiger partial charge in [0.25, 0.3) is 0 Å². The molecule has 0 radical (unpaired) electrons. The Morgan fingerprint density at radius 1 is 0.963 bits per heavy atom. The van der Waals surface area contributed by atoms with Crippen molar-refractivity contribution >= 4 is 32.6 Å². The first-order chi connectivity index (χ1) is 13.1. The first-order valence-corrected chi connectivity index (χ1v) is 9.60. The number of hydrogen-bond donors (Lipinski definition) is 2. The van der Waals surface area contributed by atoms with Crippen LogP contribution < -0.4 is 0 Å². The van der Waals surface area contributed by atoms with E-state index in [-0.39, 0.29) is 0 Å². The van der Waals surface area contributed by atoms with Gasteiger partial charge in [-0.3, -0.25) is 0 Å². The molecule has 0 unspecified atom stereocenters. The molecule has 0 aliphatic heterocycles. The highest BCUT2D eigenvalue weighted by atomic mass is 32.1. The zero-order valence-electron chi connectivity index (χ0n) is 14.9. The highest BCUT2D eigenvalue weighted by Crippen LogP contribution is 2.34. The number of aryl methyl sites for hydroxylation is 1. The molecule has 3 aromatic heterocycles. The molecule has 5 rings (SSSR count). The van der Waals surface area contributed by atoms with E-state index in [9.17, 15) is 5.11 Å². The number of hydrogen-bond acceptors (Lipinski definition) is 4. The van der Waals surface area contributed by atoms with Crippen molar-refractivity contribution in [2.24, 2.45) is 0 Å². The maximum absolute atomic E-state index is 10.1. The SMILES string of the molecule is Cc1ccc(O)c(C)c1-c1cnc2[nH]c(-c3ccc4scnc4c3)cc2c1. The predicted molar refractivity (Wildman–Crippen MR) is 111 cm³/mol. The highest BCUT2D eigenvalue weighted by molar-refractivity contribution is 7.16. The number of phenols is 1. The molecule has 0 aliphatic rings. The maximum atomic E-state index is 10.1. The number of rotatable bonds is 2. The number of nitrogens with one attached hydrogen (secondary N) is 1. The van der Waals surface area contributed by atoms with Crippen LogP contribution in [0.3, 0.4) is 0 Å². The van der Waals surface area contributed by atoms with Gasteiger partial charge in [0.2, 0.25) is 0 Å². The zero-order chi connectivity index (χ0) is 18.5. The Bertz CT molecular complexity index is 1320. The van der Waals surface area contributed by atoms with E-state index in [1.165, 1.54) is 4.70 Å². The van der Waals surface area contributed by atoms with Crippen LogP contribution in [0.2, 0.25) is 0 Å². The quantitative estimate of drug-likeness (QED) is 0.410. The van der Waals surface area contributed by atoms with Crippen LogP contribution >= 0.6 is 11.3 Å². The number of aromatic hydroxyl groups is 1. The summed E-state index contributed by atoms with van der Waals surface area (Å²) in [4.78, 5) is 12.4. The molecule has 0 atom stereocenters. The molecular formula is C22H17N3OS. The first-order valence-electron chi connectivity index (χ1n) is 8.72. The summed E-state index contributed by atoms with van der Waals surface area (Å²) in [5, 5.41) is 11.1. The van der Waals surface area contributed by atoms with Gasteiger partial charge in [-0.1, -0.05) is 12.1 Å². The molecule has 3 heterocycles. The van der Waals surface area contributed by atoms with Gasteiger partial charge in [0.1, 0.15) is 11.4 Å². The fraction of sp³-hybridized carbons (Fsp3) is 0.0909. The summed E-state index contributed by atoms with van der Waals surface area (Å²) in [6.45, 7) is 3.99. The fourth-order valence-corrected chi connectivity index (χ4v) is 4.27. The predicted octanol–water partition coefficient (Wildman–Crippen LogP) is 5.83. The number of nitrogens with zero attached hydrogens (tertiary/aromatic N) is 2. The number of aromatic nitrogens is 3. The molecular weight excluding hydrogens is 354 g/mol. The summed E-state index contributed by atoms with van der Waals surface area (Å²) in [5.41, 5.74) is 9.89. The summed E-state index contributed by atoms with van der Waals surface area (Å²) in [7, 11) is 0. The molecule has 0 amide bonds. The van der Waals surface area contributed by atoms with Crippen LogP contribution in [-0.4, -0.2) is 20.1 Å². The fourth-order valence-electron chi connectivity index (χ4n) is 3.61. The zero-order valence-corrected chi connectivity index (χ0v) is 15.8. The summed E-state index contributed by atoms with van der Waals surface area (Å²) < 4.78 is 1.19. The van der Waals surface area contributed by atoms with Crippen LogP contribution in [0.25, 0.3) is 43.6 Å². The normalized spacial score (nSPS) is 11.5. The minimum absolute atomic E-state index is 0.307. The van der Waals surface area contributed by atoms with Gasteiger partial charge >= 0.3 is 0 Å². The third-order valence-corrected chi connectivity index (χ3v) is 5.85. The van der Waals surface area contributed by atoms with Crippen molar-refractivity contribution in [3.8, 4) is 28.1 Å². The number of aromatic amines is 1. The summed E-state index contributed by atoms with van der Waals surface area (Å²) in [5.74, 6) is 0.307. The van der Waals surface area contributed by atoms with Crippen molar-refractivity contribution in [1.29, 1.82) is 0 Å². The average molecular weight is 371 g/mol. The lowest BCUT2D eigenvalue weighted by atomic mass is 9.96.